The summed E-state index contributed by atoms with van der Waals surface area (Å²) in [5.41, 5.74) is 0. The first kappa shape index (κ1) is 34.1. The normalized spacial score (nSPS) is 12.1. The molecular formula is C31H57N3O4. The second-order valence-corrected chi connectivity index (χ2v) is 10.9. The first-order chi connectivity index (χ1) is 18.6. The smallest absolute Gasteiger partial charge is 0.436 e. The lowest BCUT2D eigenvalue weighted by atomic mass is 9.96. The van der Waals surface area contributed by atoms with E-state index in [4.69, 9.17) is 9.47 Å². The number of esters is 1. The van der Waals surface area contributed by atoms with E-state index >= 15 is 0 Å². The van der Waals surface area contributed by atoms with Crippen molar-refractivity contribution in [1.82, 2.24) is 14.8 Å². The molecule has 0 aliphatic heterocycles. The highest BCUT2D eigenvalue weighted by atomic mass is 16.6. The number of aromatic nitrogens is 3. The van der Waals surface area contributed by atoms with E-state index in [-0.39, 0.29) is 12.1 Å². The van der Waals surface area contributed by atoms with Gasteiger partial charge in [0.15, 0.2) is 0 Å². The summed E-state index contributed by atoms with van der Waals surface area (Å²) < 4.78 is 12.5. The van der Waals surface area contributed by atoms with Crippen molar-refractivity contribution in [2.45, 2.75) is 162 Å². The molecule has 0 saturated carbocycles. The summed E-state index contributed by atoms with van der Waals surface area (Å²) in [4.78, 5) is 28.3. The Morgan fingerprint density at radius 2 is 1.24 bits per heavy atom. The van der Waals surface area contributed by atoms with Gasteiger partial charge in [0.1, 0.15) is 18.8 Å². The fraction of sp³-hybridized carbons (Fsp3) is 0.871. The average molecular weight is 536 g/mol. The largest absolute Gasteiger partial charge is 0.465 e. The van der Waals surface area contributed by atoms with E-state index in [2.05, 4.69) is 30.9 Å². The molecule has 0 saturated heterocycles. The SMILES string of the molecule is CCCCCCC(CCCCCCCCC(=O)OCC(CCCCC)CCCCC)OC(=O)n1cncn1. The summed E-state index contributed by atoms with van der Waals surface area (Å²) >= 11 is 0. The van der Waals surface area contributed by atoms with E-state index in [1.54, 1.807) is 0 Å². The number of hydrogen-bond acceptors (Lipinski definition) is 6. The van der Waals surface area contributed by atoms with Crippen LogP contribution in [0.25, 0.3) is 0 Å². The van der Waals surface area contributed by atoms with Crippen molar-refractivity contribution >= 4 is 12.1 Å². The zero-order chi connectivity index (χ0) is 27.7. The summed E-state index contributed by atoms with van der Waals surface area (Å²) in [6, 6.07) is 0. The van der Waals surface area contributed by atoms with Crippen molar-refractivity contribution < 1.29 is 19.1 Å². The Hall–Kier alpha value is -1.92. The molecule has 0 aliphatic carbocycles. The number of unbranched alkanes of at least 4 members (excludes halogenated alkanes) is 12. The molecule has 1 unspecified atom stereocenters. The van der Waals surface area contributed by atoms with Crippen LogP contribution in [0.5, 0.6) is 0 Å². The molecule has 1 atom stereocenters. The maximum Gasteiger partial charge on any atom is 0.436 e. The molecule has 0 amide bonds. The maximum atomic E-state index is 12.3. The topological polar surface area (TPSA) is 83.3 Å². The van der Waals surface area contributed by atoms with E-state index in [9.17, 15) is 9.59 Å². The third-order valence-corrected chi connectivity index (χ3v) is 7.32. The molecule has 220 valence electrons. The van der Waals surface area contributed by atoms with Gasteiger partial charge >= 0.3 is 12.1 Å². The summed E-state index contributed by atoms with van der Waals surface area (Å²) in [6.07, 6.45) is 25.5. The Kier molecular flexibility index (Phi) is 21.7. The van der Waals surface area contributed by atoms with E-state index in [0.717, 1.165) is 62.5 Å². The number of hydrogen-bond donors (Lipinski definition) is 0. The first-order valence-corrected chi connectivity index (χ1v) is 15.8. The van der Waals surface area contributed by atoms with Gasteiger partial charge in [0, 0.05) is 6.42 Å². The summed E-state index contributed by atoms with van der Waals surface area (Å²) in [6.45, 7) is 7.27. The monoisotopic (exact) mass is 535 g/mol. The van der Waals surface area contributed by atoms with Crippen molar-refractivity contribution in [2.75, 3.05) is 6.61 Å². The predicted octanol–water partition coefficient (Wildman–Crippen LogP) is 9.04. The minimum Gasteiger partial charge on any atom is -0.465 e. The van der Waals surface area contributed by atoms with Crippen LogP contribution in [0.2, 0.25) is 0 Å². The van der Waals surface area contributed by atoms with Crippen molar-refractivity contribution in [2.24, 2.45) is 5.92 Å². The first-order valence-electron chi connectivity index (χ1n) is 15.8. The van der Waals surface area contributed by atoms with Crippen LogP contribution in [-0.4, -0.2) is 39.5 Å². The van der Waals surface area contributed by atoms with Gasteiger partial charge in [-0.15, -0.1) is 5.10 Å². The Balaban J connectivity index is 2.17. The molecule has 1 aromatic heterocycles. The van der Waals surface area contributed by atoms with E-state index in [1.807, 2.05) is 0 Å². The van der Waals surface area contributed by atoms with Crippen molar-refractivity contribution in [3.63, 3.8) is 0 Å². The van der Waals surface area contributed by atoms with E-state index in [1.165, 1.54) is 83.3 Å². The molecular weight excluding hydrogens is 478 g/mol. The third-order valence-electron chi connectivity index (χ3n) is 7.32. The maximum absolute atomic E-state index is 12.3. The van der Waals surface area contributed by atoms with Gasteiger partial charge in [-0.3, -0.25) is 4.79 Å². The standard InChI is InChI=1S/C31H57N3O4/c1-4-7-10-17-22-29(38-31(36)34-27-32-26-33-34)23-18-13-11-12-14-19-24-30(35)37-25-28(20-15-8-5-2)21-16-9-6-3/h26-29H,4-25H2,1-3H3. The number of ether oxygens (including phenoxy) is 2. The molecule has 7 nitrogen and oxygen atoms in total. The number of carbonyl (C=O) groups is 2. The molecule has 1 aromatic rings. The summed E-state index contributed by atoms with van der Waals surface area (Å²) in [5.74, 6) is 0.504. The van der Waals surface area contributed by atoms with Crippen LogP contribution in [0.1, 0.15) is 156 Å². The van der Waals surface area contributed by atoms with Crippen LogP contribution < -0.4 is 0 Å². The van der Waals surface area contributed by atoms with Crippen molar-refractivity contribution in [1.29, 1.82) is 0 Å². The van der Waals surface area contributed by atoms with Gasteiger partial charge in [-0.25, -0.2) is 9.78 Å². The molecule has 0 N–H and O–H groups in total. The highest BCUT2D eigenvalue weighted by molar-refractivity contribution is 5.69. The molecule has 0 aliphatic rings. The molecule has 0 bridgehead atoms. The fourth-order valence-electron chi connectivity index (χ4n) is 4.87. The Bertz CT molecular complexity index is 671. The summed E-state index contributed by atoms with van der Waals surface area (Å²) in [7, 11) is 0. The van der Waals surface area contributed by atoms with Crippen molar-refractivity contribution in [3.8, 4) is 0 Å². The highest BCUT2D eigenvalue weighted by Gasteiger charge is 2.16. The Labute approximate surface area is 232 Å². The lowest BCUT2D eigenvalue weighted by Gasteiger charge is -2.17. The minimum absolute atomic E-state index is 0.0268. The predicted molar refractivity (Wildman–Crippen MR) is 154 cm³/mol. The number of nitrogens with zero attached hydrogens (tertiary/aromatic N) is 3. The molecule has 0 spiro atoms. The zero-order valence-electron chi connectivity index (χ0n) is 24.8. The van der Waals surface area contributed by atoms with Gasteiger partial charge in [-0.05, 0) is 50.9 Å². The van der Waals surface area contributed by atoms with Gasteiger partial charge < -0.3 is 9.47 Å². The molecule has 1 heterocycles. The third kappa shape index (κ3) is 18.4. The zero-order valence-corrected chi connectivity index (χ0v) is 24.8. The Morgan fingerprint density at radius 1 is 0.711 bits per heavy atom. The van der Waals surface area contributed by atoms with E-state index < -0.39 is 6.09 Å². The fourth-order valence-corrected chi connectivity index (χ4v) is 4.87. The van der Waals surface area contributed by atoms with Crippen LogP contribution >= 0.6 is 0 Å². The molecule has 0 aromatic carbocycles. The lowest BCUT2D eigenvalue weighted by molar-refractivity contribution is -0.145. The minimum atomic E-state index is -0.442. The number of carbonyl (C=O) groups excluding carboxylic acids is 2. The van der Waals surface area contributed by atoms with Gasteiger partial charge in [0.25, 0.3) is 0 Å². The van der Waals surface area contributed by atoms with Gasteiger partial charge in [0.2, 0.25) is 0 Å². The quantitative estimate of drug-likeness (QED) is 0.0917. The van der Waals surface area contributed by atoms with Crippen LogP contribution in [0.4, 0.5) is 4.79 Å². The molecule has 0 radical (unpaired) electrons. The second kappa shape index (κ2) is 24.1. The highest BCUT2D eigenvalue weighted by Crippen LogP contribution is 2.19. The van der Waals surface area contributed by atoms with Crippen molar-refractivity contribution in [3.05, 3.63) is 12.7 Å². The summed E-state index contributed by atoms with van der Waals surface area (Å²) in [5, 5.41) is 3.88. The van der Waals surface area contributed by atoms with Crippen LogP contribution in [0.15, 0.2) is 12.7 Å². The van der Waals surface area contributed by atoms with Crippen LogP contribution in [0.3, 0.4) is 0 Å². The molecule has 7 heteroatoms. The van der Waals surface area contributed by atoms with Gasteiger partial charge in [-0.1, -0.05) is 104 Å². The Morgan fingerprint density at radius 3 is 1.82 bits per heavy atom. The number of rotatable bonds is 25. The molecule has 0 fully saturated rings. The second-order valence-electron chi connectivity index (χ2n) is 10.9. The molecule has 38 heavy (non-hydrogen) atoms. The molecule has 1 rings (SSSR count). The average Bonchev–Trinajstić information content (AvgIpc) is 3.46. The van der Waals surface area contributed by atoms with Gasteiger partial charge in [-0.2, -0.15) is 4.68 Å². The van der Waals surface area contributed by atoms with E-state index in [0.29, 0.717) is 18.9 Å². The lowest BCUT2D eigenvalue weighted by Crippen LogP contribution is -2.23. The van der Waals surface area contributed by atoms with Crippen LogP contribution in [0, 0.1) is 5.92 Å². The van der Waals surface area contributed by atoms with Crippen LogP contribution in [-0.2, 0) is 14.3 Å². The van der Waals surface area contributed by atoms with Gasteiger partial charge in [0.05, 0.1) is 6.61 Å².